The number of hydrogen-bond donors (Lipinski definition) is 2. The van der Waals surface area contributed by atoms with Gasteiger partial charge in [-0.3, -0.25) is 0 Å². The van der Waals surface area contributed by atoms with Gasteiger partial charge in [-0.1, -0.05) is 51.7 Å². The van der Waals surface area contributed by atoms with E-state index < -0.39 is 0 Å². The lowest BCUT2D eigenvalue weighted by atomic mass is 9.80. The molecule has 1 aromatic rings. The van der Waals surface area contributed by atoms with Crippen LogP contribution < -0.4 is 15.5 Å². The van der Waals surface area contributed by atoms with Gasteiger partial charge in [-0.2, -0.15) is 0 Å². The van der Waals surface area contributed by atoms with Crippen molar-refractivity contribution in [1.82, 2.24) is 10.6 Å². The van der Waals surface area contributed by atoms with Crippen LogP contribution in [0.1, 0.15) is 88.8 Å². The highest BCUT2D eigenvalue weighted by atomic mass is 15.2. The van der Waals surface area contributed by atoms with Crippen molar-refractivity contribution in [3.8, 4) is 0 Å². The molecule has 2 saturated carbocycles. The molecule has 0 atom stereocenters. The van der Waals surface area contributed by atoms with Crippen LogP contribution in [0, 0.1) is 12.8 Å². The van der Waals surface area contributed by atoms with Crippen LogP contribution >= 0.6 is 0 Å². The van der Waals surface area contributed by atoms with Gasteiger partial charge in [-0.25, -0.2) is 0 Å². The Balaban J connectivity index is 1.61. The molecule has 0 spiro atoms. The largest absolute Gasteiger partial charge is 0.381 e. The SMILES string of the molecule is C=C1NC(C)=CC(C)=C1CNC(=C)c1cc(CC2CCC2)cc(N(CC)C2CCCCC2)c1C. The molecule has 2 aliphatic carbocycles. The van der Waals surface area contributed by atoms with E-state index in [2.05, 4.69) is 74.6 Å². The highest BCUT2D eigenvalue weighted by Crippen LogP contribution is 2.36. The average Bonchev–Trinajstić information content (AvgIpc) is 2.78. The zero-order chi connectivity index (χ0) is 24.2. The van der Waals surface area contributed by atoms with Gasteiger partial charge < -0.3 is 15.5 Å². The Morgan fingerprint density at radius 1 is 1.06 bits per heavy atom. The Morgan fingerprint density at radius 3 is 2.41 bits per heavy atom. The van der Waals surface area contributed by atoms with E-state index >= 15 is 0 Å². The predicted octanol–water partition coefficient (Wildman–Crippen LogP) is 7.39. The zero-order valence-corrected chi connectivity index (χ0v) is 22.0. The minimum absolute atomic E-state index is 0.671. The van der Waals surface area contributed by atoms with Crippen molar-refractivity contribution >= 4 is 11.4 Å². The molecule has 0 aromatic heterocycles. The van der Waals surface area contributed by atoms with Crippen molar-refractivity contribution < 1.29 is 0 Å². The molecule has 0 bridgehead atoms. The van der Waals surface area contributed by atoms with E-state index in [1.807, 2.05) is 0 Å². The molecule has 1 aliphatic heterocycles. The Bertz CT molecular complexity index is 986. The lowest BCUT2D eigenvalue weighted by Crippen LogP contribution is -2.37. The summed E-state index contributed by atoms with van der Waals surface area (Å²) < 4.78 is 0. The number of rotatable bonds is 9. The van der Waals surface area contributed by atoms with Gasteiger partial charge in [0.25, 0.3) is 0 Å². The summed E-state index contributed by atoms with van der Waals surface area (Å²) in [5, 5.41) is 7.03. The normalized spacial score (nSPS) is 19.4. The minimum Gasteiger partial charge on any atom is -0.381 e. The van der Waals surface area contributed by atoms with Crippen LogP contribution in [0.15, 0.2) is 53.9 Å². The van der Waals surface area contributed by atoms with Crippen LogP contribution in [0.4, 0.5) is 5.69 Å². The topological polar surface area (TPSA) is 27.3 Å². The maximum atomic E-state index is 4.51. The third-order valence-corrected chi connectivity index (χ3v) is 8.28. The molecular weight excluding hydrogens is 414 g/mol. The summed E-state index contributed by atoms with van der Waals surface area (Å²) in [6.45, 7) is 19.4. The Morgan fingerprint density at radius 2 is 1.79 bits per heavy atom. The quantitative estimate of drug-likeness (QED) is 0.403. The predicted molar refractivity (Wildman–Crippen MR) is 148 cm³/mol. The Kier molecular flexibility index (Phi) is 7.91. The van der Waals surface area contributed by atoms with E-state index in [0.29, 0.717) is 6.04 Å². The molecular formula is C31H45N3. The fraction of sp³-hybridized carbons (Fsp3) is 0.548. The number of nitrogens with one attached hydrogen (secondary N) is 2. The molecule has 3 aliphatic rings. The van der Waals surface area contributed by atoms with Crippen LogP contribution in [-0.2, 0) is 6.42 Å². The second kappa shape index (κ2) is 10.9. The number of nitrogens with zero attached hydrogens (tertiary/aromatic N) is 1. The third-order valence-electron chi connectivity index (χ3n) is 8.28. The minimum atomic E-state index is 0.671. The molecule has 34 heavy (non-hydrogen) atoms. The lowest BCUT2D eigenvalue weighted by molar-refractivity contribution is 0.314. The molecule has 2 fully saturated rings. The van der Waals surface area contributed by atoms with Gasteiger partial charge in [0, 0.05) is 47.5 Å². The maximum Gasteiger partial charge on any atom is 0.0423 e. The second-order valence-corrected chi connectivity index (χ2v) is 10.8. The monoisotopic (exact) mass is 459 g/mol. The van der Waals surface area contributed by atoms with Gasteiger partial charge in [0.2, 0.25) is 0 Å². The summed E-state index contributed by atoms with van der Waals surface area (Å²) in [7, 11) is 0. The molecule has 3 nitrogen and oxygen atoms in total. The number of anilines is 1. The Labute approximate surface area is 208 Å². The van der Waals surface area contributed by atoms with Gasteiger partial charge in [0.15, 0.2) is 0 Å². The molecule has 0 unspecified atom stereocenters. The van der Waals surface area contributed by atoms with Crippen molar-refractivity contribution in [2.24, 2.45) is 5.92 Å². The number of allylic oxidation sites excluding steroid dienone is 3. The molecule has 184 valence electrons. The van der Waals surface area contributed by atoms with Crippen molar-refractivity contribution in [2.45, 2.75) is 91.5 Å². The van der Waals surface area contributed by atoms with Crippen molar-refractivity contribution in [1.29, 1.82) is 0 Å². The molecule has 1 heterocycles. The number of benzene rings is 1. The molecule has 0 radical (unpaired) electrons. The highest BCUT2D eigenvalue weighted by Gasteiger charge is 2.25. The fourth-order valence-electron chi connectivity index (χ4n) is 6.07. The van der Waals surface area contributed by atoms with E-state index in [1.54, 1.807) is 0 Å². The molecule has 2 N–H and O–H groups in total. The van der Waals surface area contributed by atoms with Gasteiger partial charge in [-0.05, 0) is 93.4 Å². The fourth-order valence-corrected chi connectivity index (χ4v) is 6.07. The molecule has 1 aromatic carbocycles. The standard InChI is InChI=1S/C31H45N3/c1-7-34(28-14-9-8-10-15-28)31-19-27(17-26-12-11-13-26)18-29(23(31)4)24(5)32-20-30-21(2)16-22(3)33-25(30)6/h16,18-19,26,28,32-33H,5-15,17,20H2,1-4H3. The lowest BCUT2D eigenvalue weighted by Gasteiger charge is -2.37. The van der Waals surface area contributed by atoms with E-state index in [-0.39, 0.29) is 0 Å². The van der Waals surface area contributed by atoms with E-state index in [4.69, 9.17) is 0 Å². The van der Waals surface area contributed by atoms with Crippen molar-refractivity contribution in [3.63, 3.8) is 0 Å². The van der Waals surface area contributed by atoms with Gasteiger partial charge in [-0.15, -0.1) is 0 Å². The van der Waals surface area contributed by atoms with Crippen LogP contribution in [0.5, 0.6) is 0 Å². The average molecular weight is 460 g/mol. The smallest absolute Gasteiger partial charge is 0.0423 e. The second-order valence-electron chi connectivity index (χ2n) is 10.8. The molecule has 0 saturated heterocycles. The first kappa shape index (κ1) is 24.7. The number of hydrogen-bond acceptors (Lipinski definition) is 3. The van der Waals surface area contributed by atoms with Crippen molar-refractivity contribution in [3.05, 3.63) is 70.6 Å². The molecule has 4 rings (SSSR count). The summed E-state index contributed by atoms with van der Waals surface area (Å²) in [5.41, 5.74) is 11.2. The summed E-state index contributed by atoms with van der Waals surface area (Å²) >= 11 is 0. The number of dihydropyridines is 1. The van der Waals surface area contributed by atoms with Gasteiger partial charge in [0.05, 0.1) is 0 Å². The summed E-state index contributed by atoms with van der Waals surface area (Å²) in [6.07, 6.45) is 14.3. The van der Waals surface area contributed by atoms with Crippen LogP contribution in [0.2, 0.25) is 0 Å². The summed E-state index contributed by atoms with van der Waals surface area (Å²) in [4.78, 5) is 2.70. The van der Waals surface area contributed by atoms with E-state index in [1.165, 1.54) is 91.3 Å². The van der Waals surface area contributed by atoms with Crippen LogP contribution in [0.3, 0.4) is 0 Å². The molecule has 0 amide bonds. The summed E-state index contributed by atoms with van der Waals surface area (Å²) in [5.74, 6) is 0.855. The van der Waals surface area contributed by atoms with Crippen molar-refractivity contribution in [2.75, 3.05) is 18.0 Å². The first-order valence-electron chi connectivity index (χ1n) is 13.5. The maximum absolute atomic E-state index is 4.51. The van der Waals surface area contributed by atoms with Crippen LogP contribution in [-0.4, -0.2) is 19.1 Å². The van der Waals surface area contributed by atoms with Crippen LogP contribution in [0.25, 0.3) is 5.70 Å². The summed E-state index contributed by atoms with van der Waals surface area (Å²) in [6, 6.07) is 5.60. The van der Waals surface area contributed by atoms with Gasteiger partial charge in [0.1, 0.15) is 0 Å². The zero-order valence-electron chi connectivity index (χ0n) is 22.0. The first-order chi connectivity index (χ1) is 16.4. The third kappa shape index (κ3) is 5.45. The van der Waals surface area contributed by atoms with E-state index in [0.717, 1.165) is 36.1 Å². The van der Waals surface area contributed by atoms with Gasteiger partial charge >= 0.3 is 0 Å². The first-order valence-corrected chi connectivity index (χ1v) is 13.5. The van der Waals surface area contributed by atoms with E-state index in [9.17, 15) is 0 Å². The highest BCUT2D eigenvalue weighted by molar-refractivity contribution is 5.73. The molecule has 3 heteroatoms. The Hall–Kier alpha value is -2.42.